The minimum absolute atomic E-state index is 0.0646. The van der Waals surface area contributed by atoms with Crippen LogP contribution in [-0.4, -0.2) is 38.0 Å². The summed E-state index contributed by atoms with van der Waals surface area (Å²) >= 11 is 0. The van der Waals surface area contributed by atoms with Gasteiger partial charge in [-0.25, -0.2) is 0 Å². The number of rotatable bonds is 5. The number of benzene rings is 1. The molecule has 0 amide bonds. The number of hydrogen-bond acceptors (Lipinski definition) is 4. The minimum atomic E-state index is -0.287. The van der Waals surface area contributed by atoms with Crippen molar-refractivity contribution in [1.29, 1.82) is 0 Å². The van der Waals surface area contributed by atoms with E-state index in [4.69, 9.17) is 14.2 Å². The molecule has 0 radical (unpaired) electrons. The van der Waals surface area contributed by atoms with Gasteiger partial charge in [0.2, 0.25) is 0 Å². The standard InChI is InChI=1S/C19H26O4/c1-13-17(11-10-16-8-6-5-7-9-16)23-18(12-22-15(3)20)14(2)19(13)21-4/h5-11,13-14,17-19H,12H2,1-4H3/b11-10+/t13-,14+,17+,18-,19-/m1/s1. The first-order chi connectivity index (χ1) is 11.0. The Hall–Kier alpha value is -1.65. The van der Waals surface area contributed by atoms with E-state index in [9.17, 15) is 4.79 Å². The maximum Gasteiger partial charge on any atom is 0.302 e. The van der Waals surface area contributed by atoms with Gasteiger partial charge in [0, 0.05) is 25.9 Å². The fourth-order valence-corrected chi connectivity index (χ4v) is 3.14. The van der Waals surface area contributed by atoms with Crippen LogP contribution in [0.15, 0.2) is 36.4 Å². The van der Waals surface area contributed by atoms with E-state index in [1.165, 1.54) is 6.92 Å². The summed E-state index contributed by atoms with van der Waals surface area (Å²) in [6, 6.07) is 10.1. The van der Waals surface area contributed by atoms with Crippen LogP contribution in [0.3, 0.4) is 0 Å². The molecule has 0 bridgehead atoms. The third kappa shape index (κ3) is 4.66. The van der Waals surface area contributed by atoms with Gasteiger partial charge in [0.1, 0.15) is 6.61 Å². The second kappa shape index (κ2) is 8.27. The molecular formula is C19H26O4. The molecule has 0 aromatic heterocycles. The van der Waals surface area contributed by atoms with Crippen molar-refractivity contribution >= 4 is 12.0 Å². The van der Waals surface area contributed by atoms with Crippen molar-refractivity contribution < 1.29 is 19.0 Å². The van der Waals surface area contributed by atoms with E-state index in [2.05, 4.69) is 38.1 Å². The van der Waals surface area contributed by atoms with E-state index in [0.29, 0.717) is 0 Å². The Morgan fingerprint density at radius 1 is 1.22 bits per heavy atom. The van der Waals surface area contributed by atoms with E-state index in [0.717, 1.165) is 5.56 Å². The summed E-state index contributed by atoms with van der Waals surface area (Å²) in [5, 5.41) is 0. The molecule has 1 saturated heterocycles. The highest BCUT2D eigenvalue weighted by molar-refractivity contribution is 5.65. The number of carbonyl (C=O) groups is 1. The molecule has 1 aliphatic rings. The largest absolute Gasteiger partial charge is 0.463 e. The maximum atomic E-state index is 11.1. The third-order valence-electron chi connectivity index (χ3n) is 4.47. The summed E-state index contributed by atoms with van der Waals surface area (Å²) in [6.45, 7) is 5.89. The Balaban J connectivity index is 2.10. The van der Waals surface area contributed by atoms with Crippen LogP contribution in [0.1, 0.15) is 26.3 Å². The van der Waals surface area contributed by atoms with Crippen LogP contribution in [0.5, 0.6) is 0 Å². The van der Waals surface area contributed by atoms with Gasteiger partial charge in [0.25, 0.3) is 0 Å². The molecule has 1 heterocycles. The lowest BCUT2D eigenvalue weighted by molar-refractivity contribution is -0.179. The third-order valence-corrected chi connectivity index (χ3v) is 4.47. The molecule has 0 N–H and O–H groups in total. The average molecular weight is 318 g/mol. The van der Waals surface area contributed by atoms with Crippen LogP contribution in [-0.2, 0) is 19.0 Å². The van der Waals surface area contributed by atoms with Gasteiger partial charge in [-0.3, -0.25) is 4.79 Å². The van der Waals surface area contributed by atoms with Crippen molar-refractivity contribution in [2.45, 2.75) is 39.1 Å². The number of esters is 1. The molecule has 1 fully saturated rings. The Morgan fingerprint density at radius 3 is 2.52 bits per heavy atom. The van der Waals surface area contributed by atoms with E-state index in [-0.39, 0.29) is 42.7 Å². The first kappa shape index (κ1) is 17.7. The van der Waals surface area contributed by atoms with Crippen LogP contribution in [0, 0.1) is 11.8 Å². The lowest BCUT2D eigenvalue weighted by Gasteiger charge is -2.43. The van der Waals surface area contributed by atoms with Crippen LogP contribution < -0.4 is 0 Å². The van der Waals surface area contributed by atoms with Gasteiger partial charge in [0.05, 0.1) is 18.3 Å². The summed E-state index contributed by atoms with van der Waals surface area (Å²) in [6.07, 6.45) is 3.96. The molecule has 0 spiro atoms. The summed E-state index contributed by atoms with van der Waals surface area (Å²) in [4.78, 5) is 11.1. The quantitative estimate of drug-likeness (QED) is 0.781. The van der Waals surface area contributed by atoms with Crippen molar-refractivity contribution in [2.75, 3.05) is 13.7 Å². The van der Waals surface area contributed by atoms with Crippen molar-refractivity contribution in [1.82, 2.24) is 0 Å². The molecule has 1 aliphatic heterocycles. The molecule has 2 rings (SSSR count). The fraction of sp³-hybridized carbons (Fsp3) is 0.526. The van der Waals surface area contributed by atoms with E-state index >= 15 is 0 Å². The van der Waals surface area contributed by atoms with Crippen molar-refractivity contribution in [3.63, 3.8) is 0 Å². The molecule has 4 nitrogen and oxygen atoms in total. The molecule has 0 saturated carbocycles. The van der Waals surface area contributed by atoms with Gasteiger partial charge in [-0.1, -0.05) is 56.3 Å². The second-order valence-electron chi connectivity index (χ2n) is 6.13. The average Bonchev–Trinajstić information content (AvgIpc) is 2.54. The van der Waals surface area contributed by atoms with Crippen LogP contribution in [0.25, 0.3) is 6.08 Å². The van der Waals surface area contributed by atoms with Gasteiger partial charge in [-0.15, -0.1) is 0 Å². The molecule has 126 valence electrons. The van der Waals surface area contributed by atoms with Gasteiger partial charge in [-0.2, -0.15) is 0 Å². The first-order valence-electron chi connectivity index (χ1n) is 8.07. The van der Waals surface area contributed by atoms with E-state index < -0.39 is 0 Å². The van der Waals surface area contributed by atoms with Gasteiger partial charge in [0.15, 0.2) is 0 Å². The Bertz CT molecular complexity index is 525. The van der Waals surface area contributed by atoms with Crippen LogP contribution in [0.2, 0.25) is 0 Å². The monoisotopic (exact) mass is 318 g/mol. The van der Waals surface area contributed by atoms with Gasteiger partial charge in [-0.05, 0) is 5.56 Å². The molecule has 23 heavy (non-hydrogen) atoms. The number of methoxy groups -OCH3 is 1. The predicted molar refractivity (Wildman–Crippen MR) is 89.9 cm³/mol. The second-order valence-corrected chi connectivity index (χ2v) is 6.13. The van der Waals surface area contributed by atoms with Crippen molar-refractivity contribution in [3.8, 4) is 0 Å². The Labute approximate surface area is 138 Å². The lowest BCUT2D eigenvalue weighted by atomic mass is 9.82. The molecule has 4 heteroatoms. The summed E-state index contributed by atoms with van der Waals surface area (Å²) < 4.78 is 17.0. The molecule has 0 unspecified atom stereocenters. The fourth-order valence-electron chi connectivity index (χ4n) is 3.14. The normalized spacial score (nSPS) is 31.2. The summed E-state index contributed by atoms with van der Waals surface area (Å²) in [5.74, 6) is 0.101. The van der Waals surface area contributed by atoms with Crippen LogP contribution >= 0.6 is 0 Å². The highest BCUT2D eigenvalue weighted by Crippen LogP contribution is 2.33. The van der Waals surface area contributed by atoms with E-state index in [1.807, 2.05) is 18.2 Å². The smallest absolute Gasteiger partial charge is 0.302 e. The predicted octanol–water partition coefficient (Wildman–Crippen LogP) is 3.32. The van der Waals surface area contributed by atoms with Gasteiger partial charge >= 0.3 is 5.97 Å². The number of hydrogen-bond donors (Lipinski definition) is 0. The molecular weight excluding hydrogens is 292 g/mol. The zero-order valence-corrected chi connectivity index (χ0v) is 14.3. The summed E-state index contributed by atoms with van der Waals surface area (Å²) in [5.41, 5.74) is 1.13. The van der Waals surface area contributed by atoms with E-state index in [1.54, 1.807) is 7.11 Å². The SMILES string of the molecule is CO[C@H]1[C@@H](C)[C@@H](COC(C)=O)O[C@@H](/C=C/c2ccccc2)[C@H]1C. The van der Waals surface area contributed by atoms with Crippen molar-refractivity contribution in [3.05, 3.63) is 42.0 Å². The van der Waals surface area contributed by atoms with Gasteiger partial charge < -0.3 is 14.2 Å². The Kier molecular flexibility index (Phi) is 6.37. The molecule has 5 atom stereocenters. The highest BCUT2D eigenvalue weighted by Gasteiger charge is 2.41. The number of ether oxygens (including phenoxy) is 3. The Morgan fingerprint density at radius 2 is 1.91 bits per heavy atom. The lowest BCUT2D eigenvalue weighted by Crippen LogP contribution is -2.50. The topological polar surface area (TPSA) is 44.8 Å². The molecule has 0 aliphatic carbocycles. The van der Waals surface area contributed by atoms with Crippen LogP contribution in [0.4, 0.5) is 0 Å². The molecule has 1 aromatic rings. The highest BCUT2D eigenvalue weighted by atomic mass is 16.6. The first-order valence-corrected chi connectivity index (χ1v) is 8.07. The number of carbonyl (C=O) groups excluding carboxylic acids is 1. The maximum absolute atomic E-state index is 11.1. The minimum Gasteiger partial charge on any atom is -0.463 e. The molecule has 1 aromatic carbocycles. The zero-order valence-electron chi connectivity index (χ0n) is 14.3. The zero-order chi connectivity index (χ0) is 16.8. The van der Waals surface area contributed by atoms with Crippen molar-refractivity contribution in [2.24, 2.45) is 11.8 Å². The summed E-state index contributed by atoms with van der Waals surface area (Å²) in [7, 11) is 1.73.